The number of hydrogen-bond acceptors (Lipinski definition) is 4. The molecular weight excluding hydrogens is 222 g/mol. The summed E-state index contributed by atoms with van der Waals surface area (Å²) in [4.78, 5) is 0. The molecule has 16 heavy (non-hydrogen) atoms. The Morgan fingerprint density at radius 1 is 1.31 bits per heavy atom. The van der Waals surface area contributed by atoms with Crippen LogP contribution in [0.2, 0.25) is 0 Å². The zero-order valence-electron chi connectivity index (χ0n) is 9.90. The maximum Gasteiger partial charge on any atom is 0.120 e. The largest absolute Gasteiger partial charge is 0.508 e. The van der Waals surface area contributed by atoms with Crippen LogP contribution >= 0.6 is 11.8 Å². The molecule has 1 aromatic carbocycles. The first-order valence-electron chi connectivity index (χ1n) is 5.31. The fourth-order valence-corrected chi connectivity index (χ4v) is 2.30. The molecule has 2 unspecified atom stereocenters. The standard InChI is InChI=1S/C12H19NO2S/c1-8(7-16-3)13-9(2)11-6-10(14)4-5-12(11)15/h4-6,8-9,13-15H,7H2,1-3H3. The molecule has 90 valence electrons. The van der Waals surface area contributed by atoms with Crippen LogP contribution in [0.3, 0.4) is 0 Å². The van der Waals surface area contributed by atoms with Gasteiger partial charge in [-0.05, 0) is 38.3 Å². The fraction of sp³-hybridized carbons (Fsp3) is 0.500. The molecular formula is C12H19NO2S. The highest BCUT2D eigenvalue weighted by molar-refractivity contribution is 7.98. The van der Waals surface area contributed by atoms with Crippen LogP contribution in [0.15, 0.2) is 18.2 Å². The molecule has 0 saturated carbocycles. The van der Waals surface area contributed by atoms with Crippen molar-refractivity contribution in [2.75, 3.05) is 12.0 Å². The summed E-state index contributed by atoms with van der Waals surface area (Å²) in [6.07, 6.45) is 2.06. The molecule has 0 saturated heterocycles. The van der Waals surface area contributed by atoms with Crippen molar-refractivity contribution in [3.05, 3.63) is 23.8 Å². The van der Waals surface area contributed by atoms with Crippen LogP contribution in [0.4, 0.5) is 0 Å². The van der Waals surface area contributed by atoms with Crippen molar-refractivity contribution in [3.8, 4) is 11.5 Å². The topological polar surface area (TPSA) is 52.5 Å². The zero-order chi connectivity index (χ0) is 12.1. The van der Waals surface area contributed by atoms with E-state index in [-0.39, 0.29) is 17.5 Å². The fourth-order valence-electron chi connectivity index (χ4n) is 1.70. The zero-order valence-corrected chi connectivity index (χ0v) is 10.7. The summed E-state index contributed by atoms with van der Waals surface area (Å²) < 4.78 is 0. The first kappa shape index (κ1) is 13.2. The highest BCUT2D eigenvalue weighted by Gasteiger charge is 2.13. The van der Waals surface area contributed by atoms with Gasteiger partial charge in [0, 0.05) is 23.4 Å². The van der Waals surface area contributed by atoms with Gasteiger partial charge in [0.25, 0.3) is 0 Å². The van der Waals surface area contributed by atoms with Crippen molar-refractivity contribution in [2.45, 2.75) is 25.9 Å². The lowest BCUT2D eigenvalue weighted by molar-refractivity contribution is 0.433. The Kier molecular flexibility index (Phi) is 4.96. The third kappa shape index (κ3) is 3.61. The van der Waals surface area contributed by atoms with E-state index in [0.717, 1.165) is 11.3 Å². The molecule has 2 atom stereocenters. The number of aromatic hydroxyl groups is 2. The van der Waals surface area contributed by atoms with E-state index in [9.17, 15) is 10.2 Å². The molecule has 0 fully saturated rings. The molecule has 1 rings (SSSR count). The van der Waals surface area contributed by atoms with E-state index in [0.29, 0.717) is 6.04 Å². The van der Waals surface area contributed by atoms with Crippen LogP contribution in [0.25, 0.3) is 0 Å². The SMILES string of the molecule is CSCC(C)NC(C)c1cc(O)ccc1O. The molecule has 0 radical (unpaired) electrons. The van der Waals surface area contributed by atoms with E-state index >= 15 is 0 Å². The predicted octanol–water partition coefficient (Wildman–Crippen LogP) is 2.50. The minimum Gasteiger partial charge on any atom is -0.508 e. The predicted molar refractivity (Wildman–Crippen MR) is 69.2 cm³/mol. The van der Waals surface area contributed by atoms with Crippen LogP contribution in [-0.2, 0) is 0 Å². The van der Waals surface area contributed by atoms with E-state index in [1.54, 1.807) is 17.8 Å². The Bertz CT molecular complexity index is 344. The molecule has 0 aliphatic carbocycles. The van der Waals surface area contributed by atoms with E-state index < -0.39 is 0 Å². The van der Waals surface area contributed by atoms with E-state index in [2.05, 4.69) is 18.5 Å². The van der Waals surface area contributed by atoms with E-state index in [1.807, 2.05) is 6.92 Å². The number of benzene rings is 1. The number of phenolic OH excluding ortho intramolecular Hbond substituents is 2. The van der Waals surface area contributed by atoms with Gasteiger partial charge in [-0.2, -0.15) is 11.8 Å². The first-order chi connectivity index (χ1) is 7.54. The Morgan fingerprint density at radius 2 is 2.00 bits per heavy atom. The van der Waals surface area contributed by atoms with Crippen LogP contribution in [0.1, 0.15) is 25.5 Å². The highest BCUT2D eigenvalue weighted by atomic mass is 32.2. The molecule has 0 aromatic heterocycles. The van der Waals surface area contributed by atoms with Crippen LogP contribution in [0.5, 0.6) is 11.5 Å². The summed E-state index contributed by atoms with van der Waals surface area (Å²) >= 11 is 1.78. The molecule has 0 heterocycles. The molecule has 3 nitrogen and oxygen atoms in total. The average Bonchev–Trinajstić information content (AvgIpc) is 2.21. The average molecular weight is 241 g/mol. The second kappa shape index (κ2) is 6.01. The van der Waals surface area contributed by atoms with Gasteiger partial charge in [0.05, 0.1) is 0 Å². The summed E-state index contributed by atoms with van der Waals surface area (Å²) in [5, 5.41) is 22.4. The number of hydrogen-bond donors (Lipinski definition) is 3. The maximum absolute atomic E-state index is 9.69. The number of thioether (sulfide) groups is 1. The van der Waals surface area contributed by atoms with Crippen molar-refractivity contribution in [3.63, 3.8) is 0 Å². The summed E-state index contributed by atoms with van der Waals surface area (Å²) in [5.41, 5.74) is 0.730. The highest BCUT2D eigenvalue weighted by Crippen LogP contribution is 2.27. The van der Waals surface area contributed by atoms with Gasteiger partial charge < -0.3 is 15.5 Å². The Hall–Kier alpha value is -0.870. The summed E-state index contributed by atoms with van der Waals surface area (Å²) in [6.45, 7) is 4.08. The van der Waals surface area contributed by atoms with Gasteiger partial charge in [-0.3, -0.25) is 0 Å². The van der Waals surface area contributed by atoms with Crippen molar-refractivity contribution < 1.29 is 10.2 Å². The first-order valence-corrected chi connectivity index (χ1v) is 6.70. The maximum atomic E-state index is 9.69. The number of rotatable bonds is 5. The van der Waals surface area contributed by atoms with Crippen LogP contribution < -0.4 is 5.32 Å². The van der Waals surface area contributed by atoms with Gasteiger partial charge in [-0.25, -0.2) is 0 Å². The third-order valence-electron chi connectivity index (χ3n) is 2.43. The summed E-state index contributed by atoms with van der Waals surface area (Å²) in [5.74, 6) is 1.41. The molecule has 4 heteroatoms. The molecule has 0 bridgehead atoms. The third-order valence-corrected chi connectivity index (χ3v) is 3.26. The van der Waals surface area contributed by atoms with E-state index in [4.69, 9.17) is 0 Å². The normalized spacial score (nSPS) is 14.7. The smallest absolute Gasteiger partial charge is 0.120 e. The Morgan fingerprint density at radius 3 is 2.62 bits per heavy atom. The van der Waals surface area contributed by atoms with Gasteiger partial charge in [-0.15, -0.1) is 0 Å². The summed E-state index contributed by atoms with van der Waals surface area (Å²) in [7, 11) is 0. The lowest BCUT2D eigenvalue weighted by atomic mass is 10.1. The van der Waals surface area contributed by atoms with Gasteiger partial charge in [0.1, 0.15) is 11.5 Å². The molecule has 1 aromatic rings. The summed E-state index contributed by atoms with van der Waals surface area (Å²) in [6, 6.07) is 4.98. The number of phenols is 2. The Balaban J connectivity index is 2.72. The van der Waals surface area contributed by atoms with Gasteiger partial charge >= 0.3 is 0 Å². The molecule has 3 N–H and O–H groups in total. The second-order valence-electron chi connectivity index (χ2n) is 3.99. The van der Waals surface area contributed by atoms with Gasteiger partial charge in [0.2, 0.25) is 0 Å². The van der Waals surface area contributed by atoms with Crippen molar-refractivity contribution in [1.29, 1.82) is 0 Å². The molecule has 0 spiro atoms. The lowest BCUT2D eigenvalue weighted by Gasteiger charge is -2.20. The molecule has 0 aliphatic rings. The quantitative estimate of drug-likeness (QED) is 0.693. The van der Waals surface area contributed by atoms with Gasteiger partial charge in [0.15, 0.2) is 0 Å². The Labute approximate surface area is 101 Å². The van der Waals surface area contributed by atoms with Crippen molar-refractivity contribution in [2.24, 2.45) is 0 Å². The second-order valence-corrected chi connectivity index (χ2v) is 4.90. The minimum atomic E-state index is 0.0225. The van der Waals surface area contributed by atoms with Gasteiger partial charge in [-0.1, -0.05) is 0 Å². The molecule has 0 aliphatic heterocycles. The van der Waals surface area contributed by atoms with E-state index in [1.165, 1.54) is 12.1 Å². The van der Waals surface area contributed by atoms with Crippen LogP contribution in [-0.4, -0.2) is 28.3 Å². The minimum absolute atomic E-state index is 0.0225. The lowest BCUT2D eigenvalue weighted by Crippen LogP contribution is -2.30. The molecule has 0 amide bonds. The number of nitrogens with one attached hydrogen (secondary N) is 1. The monoisotopic (exact) mass is 241 g/mol. The van der Waals surface area contributed by atoms with Crippen molar-refractivity contribution in [1.82, 2.24) is 5.32 Å². The van der Waals surface area contributed by atoms with Crippen LogP contribution in [0, 0.1) is 0 Å². The van der Waals surface area contributed by atoms with Crippen molar-refractivity contribution >= 4 is 11.8 Å².